The molecule has 1 aromatic heterocycles. The van der Waals surface area contributed by atoms with Crippen LogP contribution in [0.5, 0.6) is 0 Å². The lowest BCUT2D eigenvalue weighted by Gasteiger charge is -2.16. The smallest absolute Gasteiger partial charge is 0.245 e. The molecule has 1 fully saturated rings. The fourth-order valence-electron chi connectivity index (χ4n) is 2.66. The number of carbonyl (C=O) groups is 1. The van der Waals surface area contributed by atoms with Gasteiger partial charge in [0.05, 0.1) is 18.0 Å². The van der Waals surface area contributed by atoms with Crippen LogP contribution in [-0.4, -0.2) is 38.2 Å². The highest BCUT2D eigenvalue weighted by atomic mass is 35.5. The minimum Gasteiger partial charge on any atom is -0.320 e. The van der Waals surface area contributed by atoms with E-state index in [1.807, 2.05) is 12.1 Å². The van der Waals surface area contributed by atoms with Crippen molar-refractivity contribution >= 4 is 39.8 Å². The van der Waals surface area contributed by atoms with E-state index in [1.54, 1.807) is 35.4 Å². The first-order valence-corrected chi connectivity index (χ1v) is 9.34. The first kappa shape index (κ1) is 19.2. The van der Waals surface area contributed by atoms with Gasteiger partial charge in [0, 0.05) is 23.9 Å². The van der Waals surface area contributed by atoms with Crippen LogP contribution in [0.1, 0.15) is 6.42 Å². The summed E-state index contributed by atoms with van der Waals surface area (Å²) in [5.74, 6) is 0.416. The molecule has 0 radical (unpaired) electrons. The van der Waals surface area contributed by atoms with Gasteiger partial charge >= 0.3 is 0 Å². The van der Waals surface area contributed by atoms with Crippen LogP contribution in [0.4, 0.5) is 11.5 Å². The fraction of sp³-hybridized carbons (Fsp3) is 0.250. The highest BCUT2D eigenvalue weighted by Crippen LogP contribution is 2.29. The standard InChI is InChI=1S/C16H18N4O3S.ClH/c1-24(22,23)19-14-5-3-2-4-12(14)11-6-7-15(18-10-11)20-9-8-13(17)16(20)21;/h2-7,10,13,19H,8-9,17H2,1H3;1H/t13-;/m0./s1. The molecule has 3 rings (SSSR count). The van der Waals surface area contributed by atoms with E-state index in [2.05, 4.69) is 9.71 Å². The van der Waals surface area contributed by atoms with Gasteiger partial charge in [0.15, 0.2) is 0 Å². The molecule has 0 aliphatic carbocycles. The van der Waals surface area contributed by atoms with Crippen molar-refractivity contribution in [2.75, 3.05) is 22.4 Å². The number of aromatic nitrogens is 1. The maximum Gasteiger partial charge on any atom is 0.245 e. The summed E-state index contributed by atoms with van der Waals surface area (Å²) in [6, 6.07) is 10.1. The molecular weight excluding hydrogens is 364 g/mol. The normalized spacial score (nSPS) is 17.3. The zero-order valence-electron chi connectivity index (χ0n) is 13.5. The molecule has 9 heteroatoms. The van der Waals surface area contributed by atoms with Crippen LogP contribution in [0, 0.1) is 0 Å². The number of sulfonamides is 1. The second-order valence-electron chi connectivity index (χ2n) is 5.71. The summed E-state index contributed by atoms with van der Waals surface area (Å²) in [6.45, 7) is 0.554. The number of benzene rings is 1. The number of hydrogen-bond acceptors (Lipinski definition) is 5. The number of amides is 1. The largest absolute Gasteiger partial charge is 0.320 e. The van der Waals surface area contributed by atoms with Crippen LogP contribution in [0.15, 0.2) is 42.6 Å². The Morgan fingerprint density at radius 3 is 2.52 bits per heavy atom. The SMILES string of the molecule is CS(=O)(=O)Nc1ccccc1-c1ccc(N2CC[C@H](N)C2=O)nc1.Cl. The van der Waals surface area contributed by atoms with Gasteiger partial charge in [-0.3, -0.25) is 14.4 Å². The highest BCUT2D eigenvalue weighted by Gasteiger charge is 2.30. The van der Waals surface area contributed by atoms with E-state index in [9.17, 15) is 13.2 Å². The molecule has 0 spiro atoms. The van der Waals surface area contributed by atoms with Crippen LogP contribution in [0.25, 0.3) is 11.1 Å². The number of nitrogens with one attached hydrogen (secondary N) is 1. The van der Waals surface area contributed by atoms with Crippen LogP contribution in [0.2, 0.25) is 0 Å². The van der Waals surface area contributed by atoms with Crippen molar-refractivity contribution in [1.29, 1.82) is 0 Å². The summed E-state index contributed by atoms with van der Waals surface area (Å²) in [5.41, 5.74) is 7.67. The topological polar surface area (TPSA) is 105 Å². The molecule has 25 heavy (non-hydrogen) atoms. The number of nitrogens with zero attached hydrogens (tertiary/aromatic N) is 2. The Kier molecular flexibility index (Phi) is 5.66. The molecule has 1 aromatic carbocycles. The molecule has 0 bridgehead atoms. The molecule has 1 amide bonds. The summed E-state index contributed by atoms with van der Waals surface area (Å²) in [5, 5.41) is 0. The van der Waals surface area contributed by atoms with E-state index >= 15 is 0 Å². The Morgan fingerprint density at radius 1 is 1.24 bits per heavy atom. The van der Waals surface area contributed by atoms with Crippen molar-refractivity contribution in [3.63, 3.8) is 0 Å². The molecule has 3 N–H and O–H groups in total. The van der Waals surface area contributed by atoms with Gasteiger partial charge in [0.1, 0.15) is 5.82 Å². The van der Waals surface area contributed by atoms with Gasteiger partial charge in [-0.25, -0.2) is 13.4 Å². The minimum atomic E-state index is -3.38. The molecule has 0 saturated carbocycles. The Hall–Kier alpha value is -2.16. The Labute approximate surface area is 152 Å². The number of para-hydroxylation sites is 1. The molecule has 1 aliphatic heterocycles. The molecule has 1 atom stereocenters. The summed E-state index contributed by atoms with van der Waals surface area (Å²) >= 11 is 0. The molecule has 2 heterocycles. The van der Waals surface area contributed by atoms with E-state index in [1.165, 1.54) is 0 Å². The van der Waals surface area contributed by atoms with Crippen molar-refractivity contribution in [2.45, 2.75) is 12.5 Å². The van der Waals surface area contributed by atoms with Gasteiger partial charge in [0.25, 0.3) is 0 Å². The van der Waals surface area contributed by atoms with Crippen molar-refractivity contribution < 1.29 is 13.2 Å². The quantitative estimate of drug-likeness (QED) is 0.835. The average Bonchev–Trinajstić information content (AvgIpc) is 2.86. The van der Waals surface area contributed by atoms with E-state index < -0.39 is 16.1 Å². The number of carbonyl (C=O) groups excluding carboxylic acids is 1. The zero-order chi connectivity index (χ0) is 17.3. The third kappa shape index (κ3) is 4.28. The maximum absolute atomic E-state index is 12.0. The van der Waals surface area contributed by atoms with Gasteiger partial charge in [0.2, 0.25) is 15.9 Å². The van der Waals surface area contributed by atoms with Gasteiger partial charge in [-0.15, -0.1) is 12.4 Å². The van der Waals surface area contributed by atoms with Crippen molar-refractivity contribution in [1.82, 2.24) is 4.98 Å². The van der Waals surface area contributed by atoms with Crippen molar-refractivity contribution in [3.05, 3.63) is 42.6 Å². The summed E-state index contributed by atoms with van der Waals surface area (Å²) < 4.78 is 25.5. The monoisotopic (exact) mass is 382 g/mol. The van der Waals surface area contributed by atoms with Crippen LogP contribution < -0.4 is 15.4 Å². The van der Waals surface area contributed by atoms with E-state index in [0.29, 0.717) is 30.0 Å². The van der Waals surface area contributed by atoms with Crippen molar-refractivity contribution in [2.24, 2.45) is 5.73 Å². The molecule has 7 nitrogen and oxygen atoms in total. The summed E-state index contributed by atoms with van der Waals surface area (Å²) in [6.07, 6.45) is 3.34. The number of halogens is 1. The lowest BCUT2D eigenvalue weighted by molar-refractivity contribution is -0.118. The third-order valence-corrected chi connectivity index (χ3v) is 4.40. The first-order chi connectivity index (χ1) is 11.3. The second-order valence-corrected chi connectivity index (χ2v) is 7.46. The van der Waals surface area contributed by atoms with Gasteiger partial charge < -0.3 is 5.73 Å². The predicted octanol–water partition coefficient (Wildman–Crippen LogP) is 1.61. The second kappa shape index (κ2) is 7.38. The summed E-state index contributed by atoms with van der Waals surface area (Å²) in [4.78, 5) is 17.9. The minimum absolute atomic E-state index is 0. The zero-order valence-corrected chi connectivity index (χ0v) is 15.2. The van der Waals surface area contributed by atoms with Crippen LogP contribution in [0.3, 0.4) is 0 Å². The Morgan fingerprint density at radius 2 is 1.96 bits per heavy atom. The molecule has 2 aromatic rings. The van der Waals surface area contributed by atoms with E-state index in [0.717, 1.165) is 11.8 Å². The van der Waals surface area contributed by atoms with Crippen LogP contribution >= 0.6 is 12.4 Å². The number of nitrogens with two attached hydrogens (primary N) is 1. The van der Waals surface area contributed by atoms with Gasteiger partial charge in [-0.05, 0) is 24.6 Å². The highest BCUT2D eigenvalue weighted by molar-refractivity contribution is 7.92. The molecule has 0 unspecified atom stereocenters. The maximum atomic E-state index is 12.0. The number of hydrogen-bond donors (Lipinski definition) is 2. The fourth-order valence-corrected chi connectivity index (χ4v) is 3.24. The number of rotatable bonds is 4. The lowest BCUT2D eigenvalue weighted by Crippen LogP contribution is -2.34. The van der Waals surface area contributed by atoms with Gasteiger partial charge in [-0.2, -0.15) is 0 Å². The number of anilines is 2. The average molecular weight is 383 g/mol. The van der Waals surface area contributed by atoms with Gasteiger partial charge in [-0.1, -0.05) is 18.2 Å². The van der Waals surface area contributed by atoms with Crippen molar-refractivity contribution in [3.8, 4) is 11.1 Å². The first-order valence-electron chi connectivity index (χ1n) is 7.45. The molecule has 1 saturated heterocycles. The molecular formula is C16H19ClN4O3S. The van der Waals surface area contributed by atoms with Crippen LogP contribution in [-0.2, 0) is 14.8 Å². The Bertz CT molecular complexity index is 871. The lowest BCUT2D eigenvalue weighted by atomic mass is 10.1. The predicted molar refractivity (Wildman–Crippen MR) is 100 cm³/mol. The summed E-state index contributed by atoms with van der Waals surface area (Å²) in [7, 11) is -3.38. The molecule has 1 aliphatic rings. The Balaban J connectivity index is 0.00000225. The number of pyridine rings is 1. The molecule has 134 valence electrons. The third-order valence-electron chi connectivity index (χ3n) is 3.80. The van der Waals surface area contributed by atoms with E-state index in [-0.39, 0.29) is 18.3 Å². The van der Waals surface area contributed by atoms with E-state index in [4.69, 9.17) is 5.73 Å².